The predicted molar refractivity (Wildman–Crippen MR) is 57.4 cm³/mol. The first kappa shape index (κ1) is 11.5. The highest BCUT2D eigenvalue weighted by Crippen LogP contribution is 2.24. The molecular weight excluding hydrogens is 178 g/mol. The van der Waals surface area contributed by atoms with Crippen molar-refractivity contribution in [3.05, 3.63) is 0 Å². The van der Waals surface area contributed by atoms with Crippen LogP contribution in [0, 0.1) is 5.41 Å². The van der Waals surface area contributed by atoms with Crippen LogP contribution in [0.3, 0.4) is 0 Å². The van der Waals surface area contributed by atoms with Crippen molar-refractivity contribution in [3.63, 3.8) is 0 Å². The van der Waals surface area contributed by atoms with Gasteiger partial charge in [-0.05, 0) is 19.8 Å². The average molecular weight is 199 g/mol. The summed E-state index contributed by atoms with van der Waals surface area (Å²) >= 11 is 0. The summed E-state index contributed by atoms with van der Waals surface area (Å²) in [6.07, 6.45) is 4.88. The standard InChI is InChI=1S/C10H21N3O/c1-8(10(11)12)13(6-7-14)9-4-2-3-5-9/h8-9,14H,2-7H2,1H3,(H3,11,12). The second-order valence-electron chi connectivity index (χ2n) is 4.03. The van der Waals surface area contributed by atoms with Crippen molar-refractivity contribution in [2.24, 2.45) is 5.73 Å². The third-order valence-corrected chi connectivity index (χ3v) is 3.10. The van der Waals surface area contributed by atoms with Gasteiger partial charge in [0, 0.05) is 12.6 Å². The van der Waals surface area contributed by atoms with E-state index in [0.29, 0.717) is 12.6 Å². The smallest absolute Gasteiger partial charge is 0.108 e. The van der Waals surface area contributed by atoms with E-state index in [1.165, 1.54) is 25.7 Å². The highest BCUT2D eigenvalue weighted by Gasteiger charge is 2.27. The molecule has 0 radical (unpaired) electrons. The number of nitrogens with zero attached hydrogens (tertiary/aromatic N) is 1. The summed E-state index contributed by atoms with van der Waals surface area (Å²) in [5, 5.41) is 16.4. The van der Waals surface area contributed by atoms with Crippen LogP contribution in [0.4, 0.5) is 0 Å². The highest BCUT2D eigenvalue weighted by atomic mass is 16.3. The number of rotatable bonds is 5. The van der Waals surface area contributed by atoms with Crippen LogP contribution in [0.5, 0.6) is 0 Å². The summed E-state index contributed by atoms with van der Waals surface area (Å²) in [5.41, 5.74) is 5.49. The minimum Gasteiger partial charge on any atom is -0.395 e. The van der Waals surface area contributed by atoms with Gasteiger partial charge in [-0.1, -0.05) is 12.8 Å². The monoisotopic (exact) mass is 199 g/mol. The first-order chi connectivity index (χ1) is 6.66. The number of amidine groups is 1. The summed E-state index contributed by atoms with van der Waals surface area (Å²) in [6.45, 7) is 2.72. The lowest BCUT2D eigenvalue weighted by Gasteiger charge is -2.33. The lowest BCUT2D eigenvalue weighted by atomic mass is 10.1. The molecule has 0 spiro atoms. The molecule has 1 aliphatic carbocycles. The van der Waals surface area contributed by atoms with E-state index in [9.17, 15) is 0 Å². The fraction of sp³-hybridized carbons (Fsp3) is 0.900. The van der Waals surface area contributed by atoms with Crippen LogP contribution in [0.1, 0.15) is 32.6 Å². The first-order valence-electron chi connectivity index (χ1n) is 5.37. The molecule has 0 aromatic rings. The third-order valence-electron chi connectivity index (χ3n) is 3.10. The van der Waals surface area contributed by atoms with Gasteiger partial charge in [-0.25, -0.2) is 0 Å². The molecular formula is C10H21N3O. The zero-order valence-electron chi connectivity index (χ0n) is 8.87. The molecule has 0 saturated heterocycles. The van der Waals surface area contributed by atoms with Gasteiger partial charge < -0.3 is 10.8 Å². The predicted octanol–water partition coefficient (Wildman–Crippen LogP) is 0.548. The van der Waals surface area contributed by atoms with Crippen molar-refractivity contribution in [1.82, 2.24) is 4.90 Å². The van der Waals surface area contributed by atoms with Gasteiger partial charge in [-0.3, -0.25) is 10.3 Å². The van der Waals surface area contributed by atoms with Crippen LogP contribution in [-0.4, -0.2) is 41.1 Å². The van der Waals surface area contributed by atoms with E-state index in [1.807, 2.05) is 6.92 Å². The average Bonchev–Trinajstić information content (AvgIpc) is 2.65. The van der Waals surface area contributed by atoms with Crippen LogP contribution in [0.2, 0.25) is 0 Å². The number of nitrogens with one attached hydrogen (secondary N) is 1. The normalized spacial score (nSPS) is 20.2. The Balaban J connectivity index is 2.56. The molecule has 0 bridgehead atoms. The number of hydrogen-bond donors (Lipinski definition) is 3. The molecule has 1 atom stereocenters. The molecule has 1 aliphatic rings. The number of hydrogen-bond acceptors (Lipinski definition) is 3. The lowest BCUT2D eigenvalue weighted by molar-refractivity contribution is 0.137. The molecule has 0 heterocycles. The van der Waals surface area contributed by atoms with Crippen LogP contribution in [0.15, 0.2) is 0 Å². The molecule has 0 aromatic carbocycles. The van der Waals surface area contributed by atoms with E-state index in [2.05, 4.69) is 4.90 Å². The van der Waals surface area contributed by atoms with Gasteiger partial charge >= 0.3 is 0 Å². The van der Waals surface area contributed by atoms with Crippen LogP contribution in [0.25, 0.3) is 0 Å². The molecule has 1 unspecified atom stereocenters. The molecule has 82 valence electrons. The quantitative estimate of drug-likeness (QED) is 0.447. The molecule has 1 rings (SSSR count). The van der Waals surface area contributed by atoms with E-state index in [4.69, 9.17) is 16.2 Å². The van der Waals surface area contributed by atoms with Crippen molar-refractivity contribution < 1.29 is 5.11 Å². The van der Waals surface area contributed by atoms with Crippen LogP contribution >= 0.6 is 0 Å². The van der Waals surface area contributed by atoms with Crippen LogP contribution in [-0.2, 0) is 0 Å². The summed E-state index contributed by atoms with van der Waals surface area (Å²) in [4.78, 5) is 2.16. The minimum absolute atomic E-state index is 0.0368. The number of nitrogens with two attached hydrogens (primary N) is 1. The maximum atomic E-state index is 8.97. The molecule has 4 heteroatoms. The molecule has 0 aliphatic heterocycles. The Hall–Kier alpha value is -0.610. The topological polar surface area (TPSA) is 73.3 Å². The van der Waals surface area contributed by atoms with Crippen LogP contribution < -0.4 is 5.73 Å². The Kier molecular flexibility index (Phi) is 4.35. The van der Waals surface area contributed by atoms with E-state index in [1.54, 1.807) is 0 Å². The molecule has 0 amide bonds. The highest BCUT2D eigenvalue weighted by molar-refractivity contribution is 5.82. The molecule has 1 fully saturated rings. The molecule has 4 nitrogen and oxygen atoms in total. The zero-order chi connectivity index (χ0) is 10.6. The van der Waals surface area contributed by atoms with E-state index in [-0.39, 0.29) is 18.5 Å². The van der Waals surface area contributed by atoms with E-state index >= 15 is 0 Å². The third kappa shape index (κ3) is 2.69. The SMILES string of the molecule is CC(C(=N)N)N(CCO)C1CCCC1. The fourth-order valence-electron chi connectivity index (χ4n) is 2.22. The second-order valence-corrected chi connectivity index (χ2v) is 4.03. The first-order valence-corrected chi connectivity index (χ1v) is 5.37. The molecule has 14 heavy (non-hydrogen) atoms. The van der Waals surface area contributed by atoms with Gasteiger partial charge in [0.1, 0.15) is 5.84 Å². The van der Waals surface area contributed by atoms with Gasteiger partial charge in [0.15, 0.2) is 0 Å². The summed E-state index contributed by atoms with van der Waals surface area (Å²) < 4.78 is 0. The van der Waals surface area contributed by atoms with Crippen molar-refractivity contribution in [2.75, 3.05) is 13.2 Å². The van der Waals surface area contributed by atoms with Gasteiger partial charge in [0.25, 0.3) is 0 Å². The Morgan fingerprint density at radius 2 is 2.14 bits per heavy atom. The molecule has 0 aromatic heterocycles. The van der Waals surface area contributed by atoms with Crippen molar-refractivity contribution in [3.8, 4) is 0 Å². The maximum absolute atomic E-state index is 8.97. The summed E-state index contributed by atoms with van der Waals surface area (Å²) in [7, 11) is 0. The van der Waals surface area contributed by atoms with Crippen molar-refractivity contribution in [2.45, 2.75) is 44.7 Å². The summed E-state index contributed by atoms with van der Waals surface area (Å²) in [5.74, 6) is 0.199. The van der Waals surface area contributed by atoms with Gasteiger partial charge in [-0.15, -0.1) is 0 Å². The number of aliphatic hydroxyl groups is 1. The minimum atomic E-state index is -0.0368. The summed E-state index contributed by atoms with van der Waals surface area (Å²) in [6, 6.07) is 0.478. The second kappa shape index (κ2) is 5.32. The van der Waals surface area contributed by atoms with Gasteiger partial charge in [-0.2, -0.15) is 0 Å². The Morgan fingerprint density at radius 3 is 2.57 bits per heavy atom. The largest absolute Gasteiger partial charge is 0.395 e. The Morgan fingerprint density at radius 1 is 1.57 bits per heavy atom. The maximum Gasteiger partial charge on any atom is 0.108 e. The van der Waals surface area contributed by atoms with E-state index < -0.39 is 0 Å². The zero-order valence-corrected chi connectivity index (χ0v) is 8.87. The molecule has 4 N–H and O–H groups in total. The fourth-order valence-corrected chi connectivity index (χ4v) is 2.22. The Bertz CT molecular complexity index is 190. The van der Waals surface area contributed by atoms with Gasteiger partial charge in [0.05, 0.1) is 12.6 Å². The number of aliphatic hydroxyl groups excluding tert-OH is 1. The Labute approximate surface area is 85.6 Å². The lowest BCUT2D eigenvalue weighted by Crippen LogP contribution is -2.48. The van der Waals surface area contributed by atoms with Crippen molar-refractivity contribution >= 4 is 5.84 Å². The van der Waals surface area contributed by atoms with Crippen molar-refractivity contribution in [1.29, 1.82) is 5.41 Å². The van der Waals surface area contributed by atoms with E-state index in [0.717, 1.165) is 0 Å². The van der Waals surface area contributed by atoms with Gasteiger partial charge in [0.2, 0.25) is 0 Å². The molecule has 1 saturated carbocycles.